The number of carbonyl (C=O) groups is 2. The van der Waals surface area contributed by atoms with Crippen molar-refractivity contribution in [2.24, 2.45) is 11.8 Å². The van der Waals surface area contributed by atoms with Crippen LogP contribution in [0, 0.1) is 11.8 Å². The van der Waals surface area contributed by atoms with E-state index in [-0.39, 0.29) is 29.9 Å². The van der Waals surface area contributed by atoms with Crippen LogP contribution in [0.1, 0.15) is 39.2 Å². The number of aromatic nitrogens is 1. The Bertz CT molecular complexity index is 1380. The van der Waals surface area contributed by atoms with Gasteiger partial charge in [0.1, 0.15) is 0 Å². The molecule has 0 bridgehead atoms. The molecule has 1 fully saturated rings. The predicted octanol–water partition coefficient (Wildman–Crippen LogP) is 4.62. The molecule has 9 nitrogen and oxygen atoms in total. The number of nitrogens with one attached hydrogen (secondary N) is 1. The minimum absolute atomic E-state index is 0.137. The van der Waals surface area contributed by atoms with Gasteiger partial charge in [-0.15, -0.1) is 11.3 Å². The zero-order chi connectivity index (χ0) is 28.0. The minimum Gasteiger partial charge on any atom is -0.463 e. The second-order valence-corrected chi connectivity index (χ2v) is 12.9. The lowest BCUT2D eigenvalue weighted by molar-refractivity contribution is -0.144. The first-order valence-corrected chi connectivity index (χ1v) is 15.5. The Morgan fingerprint density at radius 1 is 1.21 bits per heavy atom. The number of carbonyl (C=O) groups excluding carboxylic acids is 2. The number of nitrogens with zero attached hydrogens (tertiary/aromatic N) is 2. The Labute approximate surface area is 233 Å². The van der Waals surface area contributed by atoms with Crippen LogP contribution in [0.25, 0.3) is 10.2 Å². The molecule has 0 unspecified atom stereocenters. The maximum atomic E-state index is 13.9. The van der Waals surface area contributed by atoms with E-state index in [4.69, 9.17) is 9.47 Å². The molecule has 2 aromatic carbocycles. The third-order valence-corrected chi connectivity index (χ3v) is 9.69. The molecule has 0 radical (unpaired) electrons. The summed E-state index contributed by atoms with van der Waals surface area (Å²) in [7, 11) is -3.82. The number of esters is 1. The number of sulfonamides is 1. The summed E-state index contributed by atoms with van der Waals surface area (Å²) in [6.07, 6.45) is -0.0452. The number of ether oxygens (including phenoxy) is 2. The van der Waals surface area contributed by atoms with Gasteiger partial charge in [-0.1, -0.05) is 57.5 Å². The van der Waals surface area contributed by atoms with E-state index < -0.39 is 34.2 Å². The van der Waals surface area contributed by atoms with E-state index in [2.05, 4.69) is 10.3 Å². The first-order chi connectivity index (χ1) is 18.7. The molecule has 3 aromatic rings. The number of hydrogen-bond acceptors (Lipinski definition) is 8. The summed E-state index contributed by atoms with van der Waals surface area (Å²) in [5, 5.41) is 2.90. The molecule has 0 aliphatic carbocycles. The zero-order valence-electron chi connectivity index (χ0n) is 22.4. The van der Waals surface area contributed by atoms with Gasteiger partial charge in [0.15, 0.2) is 0 Å². The lowest BCUT2D eigenvalue weighted by atomic mass is 9.94. The van der Waals surface area contributed by atoms with Crippen molar-refractivity contribution in [3.05, 3.63) is 59.6 Å². The van der Waals surface area contributed by atoms with Crippen molar-refractivity contribution in [1.29, 1.82) is 0 Å². The number of amides is 1. The number of benzene rings is 2. The van der Waals surface area contributed by atoms with Gasteiger partial charge in [-0.2, -0.15) is 4.31 Å². The first-order valence-electron chi connectivity index (χ1n) is 13.2. The summed E-state index contributed by atoms with van der Waals surface area (Å²) in [4.78, 5) is 29.1. The van der Waals surface area contributed by atoms with Crippen molar-refractivity contribution in [1.82, 2.24) is 14.6 Å². The van der Waals surface area contributed by atoms with Gasteiger partial charge in [0, 0.05) is 25.6 Å². The Hall–Kier alpha value is -3.02. The number of cyclic esters (lactones) is 1. The number of thiazole rings is 1. The van der Waals surface area contributed by atoms with Gasteiger partial charge < -0.3 is 14.8 Å². The topological polar surface area (TPSA) is 115 Å². The van der Waals surface area contributed by atoms with Crippen molar-refractivity contribution in [2.45, 2.75) is 57.1 Å². The summed E-state index contributed by atoms with van der Waals surface area (Å²) >= 11 is 1.40. The normalized spacial score (nSPS) is 18.1. The number of rotatable bonds is 12. The molecule has 1 N–H and O–H groups in total. The lowest BCUT2D eigenvalue weighted by Gasteiger charge is -2.32. The first kappa shape index (κ1) is 29.0. The van der Waals surface area contributed by atoms with Crippen LogP contribution in [0.15, 0.2) is 58.9 Å². The van der Waals surface area contributed by atoms with E-state index in [1.165, 1.54) is 15.6 Å². The quantitative estimate of drug-likeness (QED) is 0.314. The highest BCUT2D eigenvalue weighted by molar-refractivity contribution is 7.89. The van der Waals surface area contributed by atoms with Crippen LogP contribution in [0.4, 0.5) is 4.79 Å². The molecule has 4 atom stereocenters. The molecule has 1 aliphatic rings. The Morgan fingerprint density at radius 3 is 2.67 bits per heavy atom. The van der Waals surface area contributed by atoms with Crippen LogP contribution >= 0.6 is 11.3 Å². The molecule has 0 saturated carbocycles. The summed E-state index contributed by atoms with van der Waals surface area (Å²) in [5.74, 6) is -0.696. The third kappa shape index (κ3) is 7.34. The zero-order valence-corrected chi connectivity index (χ0v) is 24.0. The van der Waals surface area contributed by atoms with Crippen molar-refractivity contribution in [3.63, 3.8) is 0 Å². The monoisotopic (exact) mass is 573 g/mol. The standard InChI is InChI=1S/C28H35N3O6S2/c1-4-19(2)16-31(39(34,35)22-10-11-23-26(15-22)38-18-29-23)17-20(3)24(14-21-8-6-5-7-9-21)30-28(33)37-25-12-13-36-27(25)32/h5-11,15,18-20,24-25H,4,12-14,16-17H2,1-3H3,(H,30,33)/t19-,20-,24+,25+/m1/s1. The smallest absolute Gasteiger partial charge is 0.408 e. The molecular formula is C28H35N3O6S2. The van der Waals surface area contributed by atoms with Crippen molar-refractivity contribution >= 4 is 43.6 Å². The molecule has 210 valence electrons. The second kappa shape index (κ2) is 12.9. The molecule has 4 rings (SSSR count). The maximum Gasteiger partial charge on any atom is 0.408 e. The van der Waals surface area contributed by atoms with E-state index in [0.29, 0.717) is 19.4 Å². The molecule has 39 heavy (non-hydrogen) atoms. The van der Waals surface area contributed by atoms with Crippen molar-refractivity contribution in [2.75, 3.05) is 19.7 Å². The summed E-state index contributed by atoms with van der Waals surface area (Å²) in [5.41, 5.74) is 3.45. The fourth-order valence-electron chi connectivity index (χ4n) is 4.50. The lowest BCUT2D eigenvalue weighted by Crippen LogP contribution is -2.48. The van der Waals surface area contributed by atoms with E-state index in [0.717, 1.165) is 22.2 Å². The second-order valence-electron chi connectivity index (χ2n) is 10.1. The van der Waals surface area contributed by atoms with Crippen LogP contribution in [-0.2, 0) is 30.7 Å². The predicted molar refractivity (Wildman–Crippen MR) is 150 cm³/mol. The third-order valence-electron chi connectivity index (χ3n) is 7.07. The number of alkyl carbamates (subject to hydrolysis) is 1. The highest BCUT2D eigenvalue weighted by Crippen LogP contribution is 2.26. The Kier molecular flexibility index (Phi) is 9.58. The average Bonchev–Trinajstić information content (AvgIpc) is 3.56. The molecule has 2 heterocycles. The number of hydrogen-bond donors (Lipinski definition) is 1. The van der Waals surface area contributed by atoms with Gasteiger partial charge in [0.25, 0.3) is 0 Å². The summed E-state index contributed by atoms with van der Waals surface area (Å²) in [6.45, 7) is 6.74. The van der Waals surface area contributed by atoms with Crippen LogP contribution in [-0.4, -0.2) is 61.6 Å². The summed E-state index contributed by atoms with van der Waals surface area (Å²) < 4.78 is 40.4. The molecule has 11 heteroatoms. The van der Waals surface area contributed by atoms with Crippen LogP contribution < -0.4 is 5.32 Å². The Balaban J connectivity index is 1.57. The fourth-order valence-corrected chi connectivity index (χ4v) is 6.98. The van der Waals surface area contributed by atoms with E-state index in [9.17, 15) is 18.0 Å². The van der Waals surface area contributed by atoms with Crippen LogP contribution in [0.2, 0.25) is 0 Å². The van der Waals surface area contributed by atoms with Crippen LogP contribution in [0.3, 0.4) is 0 Å². The van der Waals surface area contributed by atoms with E-state index in [1.54, 1.807) is 23.7 Å². The van der Waals surface area contributed by atoms with Crippen molar-refractivity contribution in [3.8, 4) is 0 Å². The van der Waals surface area contributed by atoms with Gasteiger partial charge in [-0.05, 0) is 42.0 Å². The average molecular weight is 574 g/mol. The highest BCUT2D eigenvalue weighted by Gasteiger charge is 2.33. The van der Waals surface area contributed by atoms with Crippen LogP contribution in [0.5, 0.6) is 0 Å². The SMILES string of the molecule is CC[C@@H](C)CN(C[C@@H](C)[C@H](Cc1ccccc1)NC(=O)O[C@H]1CCOC1=O)S(=O)(=O)c1ccc2ncsc2c1. The molecule has 1 saturated heterocycles. The maximum absolute atomic E-state index is 13.9. The minimum atomic E-state index is -3.82. The van der Waals surface area contributed by atoms with Gasteiger partial charge in [0.2, 0.25) is 16.1 Å². The van der Waals surface area contributed by atoms with E-state index in [1.807, 2.05) is 51.1 Å². The largest absolute Gasteiger partial charge is 0.463 e. The van der Waals surface area contributed by atoms with Gasteiger partial charge >= 0.3 is 12.1 Å². The molecule has 0 spiro atoms. The highest BCUT2D eigenvalue weighted by atomic mass is 32.2. The molecular weight excluding hydrogens is 538 g/mol. The molecule has 1 amide bonds. The molecule has 1 aliphatic heterocycles. The number of fused-ring (bicyclic) bond motifs is 1. The van der Waals surface area contributed by atoms with Crippen molar-refractivity contribution < 1.29 is 27.5 Å². The molecule has 1 aromatic heterocycles. The summed E-state index contributed by atoms with van der Waals surface area (Å²) in [6, 6.07) is 14.2. The van der Waals surface area contributed by atoms with Gasteiger partial charge in [0.05, 0.1) is 27.2 Å². The van der Waals surface area contributed by atoms with E-state index >= 15 is 0 Å². The van der Waals surface area contributed by atoms with Gasteiger partial charge in [-0.3, -0.25) is 0 Å². The Morgan fingerprint density at radius 2 is 1.97 bits per heavy atom. The fraction of sp³-hybridized carbons (Fsp3) is 0.464. The van der Waals surface area contributed by atoms with Gasteiger partial charge in [-0.25, -0.2) is 23.0 Å².